The summed E-state index contributed by atoms with van der Waals surface area (Å²) in [6.07, 6.45) is 0.721. The van der Waals surface area contributed by atoms with Gasteiger partial charge < -0.3 is 10.00 Å². The zero-order valence-corrected chi connectivity index (χ0v) is 11.0. The summed E-state index contributed by atoms with van der Waals surface area (Å²) in [6, 6.07) is 5.46. The molecular formula is C12H11Cl2N3O. The minimum Gasteiger partial charge on any atom is -0.365 e. The van der Waals surface area contributed by atoms with Gasteiger partial charge in [-0.05, 0) is 24.6 Å². The average molecular weight is 284 g/mol. The minimum atomic E-state index is -0.0197. The van der Waals surface area contributed by atoms with Gasteiger partial charge in [-0.2, -0.15) is 0 Å². The van der Waals surface area contributed by atoms with Crippen molar-refractivity contribution in [3.63, 3.8) is 0 Å². The molecule has 0 bridgehead atoms. The van der Waals surface area contributed by atoms with Crippen LogP contribution in [0.3, 0.4) is 0 Å². The van der Waals surface area contributed by atoms with E-state index in [0.29, 0.717) is 16.6 Å². The molecule has 0 unspecified atom stereocenters. The topological polar surface area (TPSA) is 51.9 Å². The third kappa shape index (κ3) is 2.02. The zero-order valence-electron chi connectivity index (χ0n) is 9.46. The van der Waals surface area contributed by atoms with Crippen LogP contribution >= 0.6 is 23.2 Å². The van der Waals surface area contributed by atoms with Gasteiger partial charge in [-0.25, -0.2) is 0 Å². The van der Waals surface area contributed by atoms with Gasteiger partial charge in [0.2, 0.25) is 0 Å². The Kier molecular flexibility index (Phi) is 2.84. The Balaban J connectivity index is 1.94. The maximum absolute atomic E-state index is 11.5. The molecule has 0 aliphatic carbocycles. The molecule has 1 aliphatic heterocycles. The van der Waals surface area contributed by atoms with Crippen molar-refractivity contribution in [2.45, 2.75) is 13.0 Å². The van der Waals surface area contributed by atoms with Gasteiger partial charge in [-0.1, -0.05) is 23.2 Å². The van der Waals surface area contributed by atoms with Crippen LogP contribution in [0.5, 0.6) is 0 Å². The normalized spacial score (nSPS) is 14.7. The summed E-state index contributed by atoms with van der Waals surface area (Å²) in [5, 5.41) is 6.76. The van der Waals surface area contributed by atoms with Crippen LogP contribution in [-0.2, 0) is 13.0 Å². The molecule has 2 N–H and O–H groups in total. The van der Waals surface area contributed by atoms with Gasteiger partial charge in [0.05, 0.1) is 12.2 Å². The molecule has 1 aliphatic rings. The lowest BCUT2D eigenvalue weighted by atomic mass is 10.1. The molecule has 0 saturated heterocycles. The van der Waals surface area contributed by atoms with E-state index in [4.69, 9.17) is 23.2 Å². The van der Waals surface area contributed by atoms with E-state index >= 15 is 0 Å². The summed E-state index contributed by atoms with van der Waals surface area (Å²) < 4.78 is 0. The molecule has 0 radical (unpaired) electrons. The molecule has 1 aromatic heterocycles. The van der Waals surface area contributed by atoms with Gasteiger partial charge in [0.1, 0.15) is 0 Å². The van der Waals surface area contributed by atoms with E-state index in [0.717, 1.165) is 29.9 Å². The van der Waals surface area contributed by atoms with Crippen LogP contribution in [0.4, 0.5) is 5.69 Å². The number of benzene rings is 1. The fourth-order valence-corrected chi connectivity index (χ4v) is 2.79. The maximum Gasteiger partial charge on any atom is 0.267 e. The monoisotopic (exact) mass is 283 g/mol. The van der Waals surface area contributed by atoms with Gasteiger partial charge in [0.25, 0.3) is 5.56 Å². The second kappa shape index (κ2) is 4.37. The second-order valence-electron chi connectivity index (χ2n) is 4.34. The van der Waals surface area contributed by atoms with Crippen molar-refractivity contribution in [1.29, 1.82) is 0 Å². The molecule has 6 heteroatoms. The van der Waals surface area contributed by atoms with E-state index in [1.807, 2.05) is 12.1 Å². The molecule has 0 spiro atoms. The fraction of sp³-hybridized carbons (Fsp3) is 0.250. The number of nitrogens with one attached hydrogen (secondary N) is 2. The number of fused-ring (bicyclic) bond motifs is 1. The second-order valence-corrected chi connectivity index (χ2v) is 5.21. The van der Waals surface area contributed by atoms with E-state index in [-0.39, 0.29) is 5.56 Å². The number of rotatable bonds is 1. The highest BCUT2D eigenvalue weighted by Gasteiger charge is 2.20. The lowest BCUT2D eigenvalue weighted by Crippen LogP contribution is -2.31. The first-order valence-corrected chi connectivity index (χ1v) is 6.38. The number of anilines is 1. The van der Waals surface area contributed by atoms with Gasteiger partial charge >= 0.3 is 0 Å². The van der Waals surface area contributed by atoms with Crippen molar-refractivity contribution in [3.05, 3.63) is 49.9 Å². The molecule has 1 aromatic carbocycles. The van der Waals surface area contributed by atoms with Crippen LogP contribution < -0.4 is 10.5 Å². The van der Waals surface area contributed by atoms with Crippen molar-refractivity contribution in [2.75, 3.05) is 11.4 Å². The van der Waals surface area contributed by atoms with Gasteiger partial charge in [-0.15, -0.1) is 0 Å². The van der Waals surface area contributed by atoms with Crippen LogP contribution in [0.15, 0.2) is 23.0 Å². The molecule has 0 amide bonds. The van der Waals surface area contributed by atoms with E-state index in [9.17, 15) is 4.79 Å². The molecule has 0 fully saturated rings. The number of hydrogen-bond donors (Lipinski definition) is 2. The summed E-state index contributed by atoms with van der Waals surface area (Å²) >= 11 is 12.0. The van der Waals surface area contributed by atoms with Crippen LogP contribution in [0.1, 0.15) is 11.3 Å². The summed E-state index contributed by atoms with van der Waals surface area (Å²) in [5.74, 6) is 0. The standard InChI is InChI=1S/C12H11Cl2N3O/c13-7-3-8(14)5-9(4-7)17-2-1-10-11(6-17)15-16-12(10)18/h3-5H,1-2,6H2,(H2,15,16,18). The molecule has 3 rings (SSSR count). The highest BCUT2D eigenvalue weighted by Crippen LogP contribution is 2.28. The Morgan fingerprint density at radius 2 is 1.83 bits per heavy atom. The predicted molar refractivity (Wildman–Crippen MR) is 72.6 cm³/mol. The number of aromatic amines is 2. The summed E-state index contributed by atoms with van der Waals surface area (Å²) in [4.78, 5) is 13.6. The Morgan fingerprint density at radius 3 is 2.56 bits per heavy atom. The molecular weight excluding hydrogens is 273 g/mol. The zero-order chi connectivity index (χ0) is 12.7. The Morgan fingerprint density at radius 1 is 1.11 bits per heavy atom. The third-order valence-corrected chi connectivity index (χ3v) is 3.59. The van der Waals surface area contributed by atoms with E-state index in [1.165, 1.54) is 0 Å². The van der Waals surface area contributed by atoms with Crippen molar-refractivity contribution in [2.24, 2.45) is 0 Å². The molecule has 0 atom stereocenters. The summed E-state index contributed by atoms with van der Waals surface area (Å²) in [6.45, 7) is 1.44. The third-order valence-electron chi connectivity index (χ3n) is 3.16. The lowest BCUT2D eigenvalue weighted by Gasteiger charge is -2.28. The molecule has 0 saturated carbocycles. The molecule has 2 heterocycles. The number of aromatic nitrogens is 2. The fourth-order valence-electron chi connectivity index (χ4n) is 2.28. The van der Waals surface area contributed by atoms with Gasteiger partial charge in [-0.3, -0.25) is 9.89 Å². The van der Waals surface area contributed by atoms with Crippen LogP contribution in [0.2, 0.25) is 10.0 Å². The maximum atomic E-state index is 11.5. The molecule has 18 heavy (non-hydrogen) atoms. The lowest BCUT2D eigenvalue weighted by molar-refractivity contribution is 0.716. The minimum absolute atomic E-state index is 0.0197. The predicted octanol–water partition coefficient (Wildman–Crippen LogP) is 2.57. The van der Waals surface area contributed by atoms with Crippen molar-refractivity contribution >= 4 is 28.9 Å². The first-order valence-electron chi connectivity index (χ1n) is 5.63. The van der Waals surface area contributed by atoms with E-state index < -0.39 is 0 Å². The number of hydrogen-bond acceptors (Lipinski definition) is 2. The molecule has 2 aromatic rings. The average Bonchev–Trinajstić information content (AvgIpc) is 2.69. The van der Waals surface area contributed by atoms with Gasteiger partial charge in [0.15, 0.2) is 0 Å². The highest BCUT2D eigenvalue weighted by molar-refractivity contribution is 6.35. The van der Waals surface area contributed by atoms with E-state index in [2.05, 4.69) is 15.1 Å². The van der Waals surface area contributed by atoms with E-state index in [1.54, 1.807) is 6.07 Å². The Hall–Kier alpha value is -1.39. The van der Waals surface area contributed by atoms with Crippen LogP contribution in [0, 0.1) is 0 Å². The highest BCUT2D eigenvalue weighted by atomic mass is 35.5. The Labute approximate surface area is 114 Å². The number of H-pyrrole nitrogens is 2. The summed E-state index contributed by atoms with van der Waals surface area (Å²) in [5.41, 5.74) is 2.73. The van der Waals surface area contributed by atoms with Crippen molar-refractivity contribution in [1.82, 2.24) is 10.2 Å². The summed E-state index contributed by atoms with van der Waals surface area (Å²) in [7, 11) is 0. The van der Waals surface area contributed by atoms with Crippen LogP contribution in [0.25, 0.3) is 0 Å². The molecule has 94 valence electrons. The van der Waals surface area contributed by atoms with Crippen molar-refractivity contribution < 1.29 is 0 Å². The van der Waals surface area contributed by atoms with Crippen molar-refractivity contribution in [3.8, 4) is 0 Å². The smallest absolute Gasteiger partial charge is 0.267 e. The quantitative estimate of drug-likeness (QED) is 0.845. The largest absolute Gasteiger partial charge is 0.365 e. The number of halogens is 2. The Bertz CT molecular complexity index is 627. The SMILES string of the molecule is O=c1[nH][nH]c2c1CCN(c1cc(Cl)cc(Cl)c1)C2. The van der Waals surface area contributed by atoms with Crippen LogP contribution in [-0.4, -0.2) is 16.7 Å². The first-order chi connectivity index (χ1) is 8.63. The molecule has 4 nitrogen and oxygen atoms in total. The number of nitrogens with zero attached hydrogens (tertiary/aromatic N) is 1. The first kappa shape index (κ1) is 11.7. The van der Waals surface area contributed by atoms with Gasteiger partial charge in [0, 0.05) is 27.8 Å².